The summed E-state index contributed by atoms with van der Waals surface area (Å²) in [5, 5.41) is 8.85. The molecule has 0 saturated heterocycles. The van der Waals surface area contributed by atoms with Crippen LogP contribution in [-0.4, -0.2) is 16.8 Å². The number of carbonyl (C=O) groups is 1. The van der Waals surface area contributed by atoms with Crippen molar-refractivity contribution >= 4 is 35.0 Å². The average molecular weight is 399 g/mol. The van der Waals surface area contributed by atoms with Crippen LogP contribution < -0.4 is 0 Å². The molecule has 0 amide bonds. The second-order valence-electron chi connectivity index (χ2n) is 7.30. The molecule has 2 nitrogen and oxygen atoms in total. The quantitative estimate of drug-likeness (QED) is 0.512. The van der Waals surface area contributed by atoms with Gasteiger partial charge in [0.2, 0.25) is 0 Å². The van der Waals surface area contributed by atoms with Crippen LogP contribution in [0.2, 0.25) is 0 Å². The number of carboxylic acid groups (broad SMARTS) is 1. The highest BCUT2D eigenvalue weighted by molar-refractivity contribution is 7.99. The molecule has 29 heavy (non-hydrogen) atoms. The smallest absolute Gasteiger partial charge is 0.328 e. The summed E-state index contributed by atoms with van der Waals surface area (Å²) >= 11 is 1.89. The van der Waals surface area contributed by atoms with Gasteiger partial charge in [-0.05, 0) is 65.0 Å². The molecule has 1 aliphatic heterocycles. The van der Waals surface area contributed by atoms with E-state index in [4.69, 9.17) is 5.11 Å². The Morgan fingerprint density at radius 3 is 2.24 bits per heavy atom. The van der Waals surface area contributed by atoms with Gasteiger partial charge in [0.15, 0.2) is 0 Å². The first-order valence-corrected chi connectivity index (χ1v) is 10.6. The van der Waals surface area contributed by atoms with Crippen LogP contribution in [0.1, 0.15) is 33.4 Å². The zero-order valence-corrected chi connectivity index (χ0v) is 17.3. The lowest BCUT2D eigenvalue weighted by Crippen LogP contribution is -2.04. The van der Waals surface area contributed by atoms with Crippen LogP contribution in [-0.2, 0) is 4.79 Å². The van der Waals surface area contributed by atoms with Crippen LogP contribution in [0.5, 0.6) is 0 Å². The third-order valence-corrected chi connectivity index (χ3v) is 6.18. The predicted octanol–water partition coefficient (Wildman–Crippen LogP) is 6.47. The van der Waals surface area contributed by atoms with E-state index in [2.05, 4.69) is 68.4 Å². The largest absolute Gasteiger partial charge is 0.478 e. The van der Waals surface area contributed by atoms with Crippen LogP contribution in [0.4, 0.5) is 0 Å². The molecule has 3 aromatic rings. The number of hydrogen-bond donors (Lipinski definition) is 1. The number of aliphatic carboxylic acids is 1. The fourth-order valence-electron chi connectivity index (χ4n) is 3.58. The van der Waals surface area contributed by atoms with E-state index in [-0.39, 0.29) is 0 Å². The monoisotopic (exact) mass is 398 g/mol. The van der Waals surface area contributed by atoms with Crippen LogP contribution in [0.25, 0.3) is 17.2 Å². The normalized spacial score (nSPS) is 13.6. The zero-order valence-electron chi connectivity index (χ0n) is 16.5. The van der Waals surface area contributed by atoms with E-state index in [1.165, 1.54) is 44.4 Å². The van der Waals surface area contributed by atoms with Gasteiger partial charge in [-0.25, -0.2) is 4.79 Å². The number of thioether (sulfide) groups is 1. The standard InChI is InChI=1S/C26H22O2S/c1-17-3-9-20(10-4-17)23-16-29-24-15-18(2)5-13-22(24)26(23)21-11-6-19(7-12-21)8-14-25(27)28/h3-15H,16H2,1-2H3,(H,27,28)/b14-8+. The van der Waals surface area contributed by atoms with Gasteiger partial charge < -0.3 is 5.11 Å². The molecule has 3 heteroatoms. The predicted molar refractivity (Wildman–Crippen MR) is 122 cm³/mol. The lowest BCUT2D eigenvalue weighted by Gasteiger charge is -2.24. The van der Waals surface area contributed by atoms with Gasteiger partial charge in [0.1, 0.15) is 0 Å². The summed E-state index contributed by atoms with van der Waals surface area (Å²) in [6.45, 7) is 4.24. The first-order valence-electron chi connectivity index (χ1n) is 9.57. The fraction of sp³-hybridized carbons (Fsp3) is 0.115. The van der Waals surface area contributed by atoms with Crippen molar-refractivity contribution in [1.29, 1.82) is 0 Å². The minimum Gasteiger partial charge on any atom is -0.478 e. The van der Waals surface area contributed by atoms with Gasteiger partial charge in [-0.3, -0.25) is 0 Å². The number of carboxylic acids is 1. The zero-order chi connectivity index (χ0) is 20.4. The molecule has 0 aromatic heterocycles. The van der Waals surface area contributed by atoms with Crippen LogP contribution >= 0.6 is 11.8 Å². The van der Waals surface area contributed by atoms with Gasteiger partial charge in [0.05, 0.1) is 0 Å². The average Bonchev–Trinajstić information content (AvgIpc) is 2.72. The Balaban J connectivity index is 1.86. The minimum absolute atomic E-state index is 0.878. The van der Waals surface area contributed by atoms with Crippen LogP contribution in [0.3, 0.4) is 0 Å². The Morgan fingerprint density at radius 1 is 0.897 bits per heavy atom. The van der Waals surface area contributed by atoms with Gasteiger partial charge in [-0.1, -0.05) is 66.2 Å². The number of rotatable bonds is 4. The van der Waals surface area contributed by atoms with Crippen molar-refractivity contribution in [2.75, 3.05) is 5.75 Å². The SMILES string of the molecule is Cc1ccc(C2=C(c3ccc(/C=C/C(=O)O)cc3)c3ccc(C)cc3SC2)cc1. The fourth-order valence-corrected chi connectivity index (χ4v) is 4.79. The summed E-state index contributed by atoms with van der Waals surface area (Å²) in [6, 6.07) is 23.5. The number of aryl methyl sites for hydroxylation is 2. The molecule has 0 bridgehead atoms. The van der Waals surface area contributed by atoms with Gasteiger partial charge in [-0.15, -0.1) is 11.8 Å². The molecule has 4 rings (SSSR count). The highest BCUT2D eigenvalue weighted by atomic mass is 32.2. The van der Waals surface area contributed by atoms with Gasteiger partial charge in [0.25, 0.3) is 0 Å². The summed E-state index contributed by atoms with van der Waals surface area (Å²) in [5.74, 6) is -0.0118. The highest BCUT2D eigenvalue weighted by Gasteiger charge is 2.22. The van der Waals surface area contributed by atoms with E-state index in [0.29, 0.717) is 0 Å². The Kier molecular flexibility index (Phi) is 5.41. The van der Waals surface area contributed by atoms with E-state index >= 15 is 0 Å². The van der Waals surface area contributed by atoms with Crippen LogP contribution in [0, 0.1) is 13.8 Å². The highest BCUT2D eigenvalue weighted by Crippen LogP contribution is 2.44. The molecule has 0 aliphatic carbocycles. The van der Waals surface area contributed by atoms with Crippen molar-refractivity contribution in [1.82, 2.24) is 0 Å². The van der Waals surface area contributed by atoms with E-state index in [1.54, 1.807) is 6.08 Å². The number of hydrogen-bond acceptors (Lipinski definition) is 2. The molecule has 0 spiro atoms. The maximum Gasteiger partial charge on any atom is 0.328 e. The molecule has 0 radical (unpaired) electrons. The molecule has 0 atom stereocenters. The van der Waals surface area contributed by atoms with Gasteiger partial charge in [0, 0.05) is 16.7 Å². The Morgan fingerprint density at radius 2 is 1.55 bits per heavy atom. The van der Waals surface area contributed by atoms with Crippen molar-refractivity contribution in [3.05, 3.63) is 106 Å². The van der Waals surface area contributed by atoms with Crippen molar-refractivity contribution in [2.45, 2.75) is 18.7 Å². The Bertz CT molecular complexity index is 1120. The summed E-state index contributed by atoms with van der Waals surface area (Å²) in [7, 11) is 0. The summed E-state index contributed by atoms with van der Waals surface area (Å²) in [6.07, 6.45) is 2.79. The molecule has 144 valence electrons. The lowest BCUT2D eigenvalue weighted by molar-refractivity contribution is -0.131. The summed E-state index contributed by atoms with van der Waals surface area (Å²) < 4.78 is 0. The Hall–Kier alpha value is -3.04. The topological polar surface area (TPSA) is 37.3 Å². The van der Waals surface area contributed by atoms with Crippen LogP contribution in [0.15, 0.2) is 77.7 Å². The molecular formula is C26H22O2S. The van der Waals surface area contributed by atoms with Crippen molar-refractivity contribution in [2.24, 2.45) is 0 Å². The van der Waals surface area contributed by atoms with E-state index in [9.17, 15) is 4.79 Å². The molecule has 0 saturated carbocycles. The maximum absolute atomic E-state index is 10.8. The first kappa shape index (κ1) is 19.3. The molecule has 0 fully saturated rings. The third kappa shape index (κ3) is 4.20. The van der Waals surface area contributed by atoms with Crippen molar-refractivity contribution < 1.29 is 9.90 Å². The van der Waals surface area contributed by atoms with Gasteiger partial charge >= 0.3 is 5.97 Å². The maximum atomic E-state index is 10.8. The summed E-state index contributed by atoms with van der Waals surface area (Å²) in [4.78, 5) is 12.1. The lowest BCUT2D eigenvalue weighted by atomic mass is 9.89. The minimum atomic E-state index is -0.938. The van der Waals surface area contributed by atoms with E-state index in [1.807, 2.05) is 23.9 Å². The molecule has 0 unspecified atom stereocenters. The Labute approximate surface area is 175 Å². The second kappa shape index (κ2) is 8.14. The molecule has 1 heterocycles. The van der Waals surface area contributed by atoms with Crippen molar-refractivity contribution in [3.63, 3.8) is 0 Å². The number of benzene rings is 3. The van der Waals surface area contributed by atoms with Gasteiger partial charge in [-0.2, -0.15) is 0 Å². The third-order valence-electron chi connectivity index (χ3n) is 5.10. The number of fused-ring (bicyclic) bond motifs is 1. The molecule has 1 N–H and O–H groups in total. The van der Waals surface area contributed by atoms with Crippen molar-refractivity contribution in [3.8, 4) is 0 Å². The second-order valence-corrected chi connectivity index (χ2v) is 8.32. The molecule has 1 aliphatic rings. The van der Waals surface area contributed by atoms with E-state index in [0.717, 1.165) is 16.9 Å². The van der Waals surface area contributed by atoms with E-state index < -0.39 is 5.97 Å². The summed E-state index contributed by atoms with van der Waals surface area (Å²) in [5.41, 5.74) is 9.65. The first-order chi connectivity index (χ1) is 14.0. The molecule has 3 aromatic carbocycles. The molecular weight excluding hydrogens is 376 g/mol.